The largest absolute Gasteiger partial charge is 0.444 e. The zero-order valence-corrected chi connectivity index (χ0v) is 10.0. The van der Waals surface area contributed by atoms with Gasteiger partial charge in [0, 0.05) is 19.5 Å². The van der Waals surface area contributed by atoms with E-state index in [1.807, 2.05) is 0 Å². The van der Waals surface area contributed by atoms with E-state index in [0.29, 0.717) is 13.1 Å². The van der Waals surface area contributed by atoms with Gasteiger partial charge in [-0.05, 0) is 20.8 Å². The molecule has 6 heteroatoms. The molecule has 0 aliphatic rings. The molecule has 0 fully saturated rings. The average molecular weight is 232 g/mol. The summed E-state index contributed by atoms with van der Waals surface area (Å²) in [5.41, 5.74) is -0.524. The summed E-state index contributed by atoms with van der Waals surface area (Å²) in [6, 6.07) is 0. The molecule has 0 radical (unpaired) electrons. The van der Waals surface area contributed by atoms with Crippen LogP contribution in [0.3, 0.4) is 0 Å². The molecule has 3 N–H and O–H groups in total. The molecule has 0 atom stereocenters. The van der Waals surface area contributed by atoms with E-state index in [-0.39, 0.29) is 18.9 Å². The number of carbonyl (C=O) groups excluding carboxylic acids is 2. The van der Waals surface area contributed by atoms with Crippen LogP contribution in [-0.2, 0) is 9.53 Å². The highest BCUT2D eigenvalue weighted by molar-refractivity contribution is 5.76. The second kappa shape index (κ2) is 7.05. The van der Waals surface area contributed by atoms with Crippen LogP contribution in [0.2, 0.25) is 0 Å². The van der Waals surface area contributed by atoms with Gasteiger partial charge in [-0.25, -0.2) is 4.79 Å². The van der Waals surface area contributed by atoms with Crippen LogP contribution >= 0.6 is 0 Å². The number of carbonyl (C=O) groups is 2. The Kier molecular flexibility index (Phi) is 6.48. The minimum Gasteiger partial charge on any atom is -0.444 e. The number of aliphatic hydroxyl groups excluding tert-OH is 1. The van der Waals surface area contributed by atoms with E-state index in [0.717, 1.165) is 0 Å². The predicted molar refractivity (Wildman–Crippen MR) is 58.9 cm³/mol. The average Bonchev–Trinajstić information content (AvgIpc) is 2.10. The third-order valence-corrected chi connectivity index (χ3v) is 1.45. The Labute approximate surface area is 95.4 Å². The highest BCUT2D eigenvalue weighted by Gasteiger charge is 2.15. The van der Waals surface area contributed by atoms with Crippen molar-refractivity contribution >= 4 is 12.0 Å². The van der Waals surface area contributed by atoms with E-state index in [4.69, 9.17) is 9.84 Å². The number of hydrogen-bond donors (Lipinski definition) is 3. The standard InChI is InChI=1S/C10H20N2O4/c1-10(2,3)16-9(15)12-6-5-11-8(14)4-7-13/h13H,4-7H2,1-3H3,(H,11,14)(H,12,15). The fourth-order valence-corrected chi connectivity index (χ4v) is 0.871. The van der Waals surface area contributed by atoms with Crippen molar-refractivity contribution in [3.63, 3.8) is 0 Å². The maximum absolute atomic E-state index is 11.1. The smallest absolute Gasteiger partial charge is 0.407 e. The van der Waals surface area contributed by atoms with Crippen molar-refractivity contribution < 1.29 is 19.4 Å². The van der Waals surface area contributed by atoms with E-state index in [1.54, 1.807) is 20.8 Å². The summed E-state index contributed by atoms with van der Waals surface area (Å²) < 4.78 is 4.99. The summed E-state index contributed by atoms with van der Waals surface area (Å²) in [5.74, 6) is -0.242. The molecule has 0 aromatic heterocycles. The molecule has 6 nitrogen and oxygen atoms in total. The third-order valence-electron chi connectivity index (χ3n) is 1.45. The van der Waals surface area contributed by atoms with E-state index in [9.17, 15) is 9.59 Å². The van der Waals surface area contributed by atoms with Crippen molar-refractivity contribution in [2.75, 3.05) is 19.7 Å². The Bertz CT molecular complexity index is 235. The van der Waals surface area contributed by atoms with Gasteiger partial charge in [0.05, 0.1) is 6.61 Å². The van der Waals surface area contributed by atoms with Crippen LogP contribution in [0.25, 0.3) is 0 Å². The first-order valence-electron chi connectivity index (χ1n) is 5.19. The molecule has 0 bridgehead atoms. The zero-order valence-electron chi connectivity index (χ0n) is 10.0. The Hall–Kier alpha value is -1.30. The fourth-order valence-electron chi connectivity index (χ4n) is 0.871. The molecule has 0 saturated carbocycles. The first-order chi connectivity index (χ1) is 7.35. The van der Waals surface area contributed by atoms with Gasteiger partial charge in [0.25, 0.3) is 0 Å². The van der Waals surface area contributed by atoms with Crippen LogP contribution in [0, 0.1) is 0 Å². The number of hydrogen-bond acceptors (Lipinski definition) is 4. The minimum absolute atomic E-state index is 0.0758. The van der Waals surface area contributed by atoms with E-state index in [2.05, 4.69) is 10.6 Å². The van der Waals surface area contributed by atoms with Crippen molar-refractivity contribution in [1.29, 1.82) is 0 Å². The number of nitrogens with one attached hydrogen (secondary N) is 2. The molecule has 0 unspecified atom stereocenters. The van der Waals surface area contributed by atoms with Gasteiger partial charge in [0.15, 0.2) is 0 Å². The maximum Gasteiger partial charge on any atom is 0.407 e. The molecule has 0 aromatic rings. The maximum atomic E-state index is 11.1. The van der Waals surface area contributed by atoms with Gasteiger partial charge in [0.2, 0.25) is 5.91 Å². The molecule has 16 heavy (non-hydrogen) atoms. The number of amides is 2. The quantitative estimate of drug-likeness (QED) is 0.583. The van der Waals surface area contributed by atoms with Crippen LogP contribution in [-0.4, -0.2) is 42.4 Å². The SMILES string of the molecule is CC(C)(C)OC(=O)NCCNC(=O)CCO. The molecule has 0 rings (SSSR count). The van der Waals surface area contributed by atoms with Gasteiger partial charge in [-0.2, -0.15) is 0 Å². The number of aliphatic hydroxyl groups is 1. The van der Waals surface area contributed by atoms with E-state index >= 15 is 0 Å². The molecule has 0 aromatic carbocycles. The lowest BCUT2D eigenvalue weighted by molar-refractivity contribution is -0.121. The van der Waals surface area contributed by atoms with Gasteiger partial charge in [-0.15, -0.1) is 0 Å². The lowest BCUT2D eigenvalue weighted by Gasteiger charge is -2.19. The van der Waals surface area contributed by atoms with Crippen LogP contribution in [0.1, 0.15) is 27.2 Å². The van der Waals surface area contributed by atoms with Gasteiger partial charge < -0.3 is 20.5 Å². The Morgan fingerprint density at radius 1 is 1.19 bits per heavy atom. The van der Waals surface area contributed by atoms with E-state index in [1.165, 1.54) is 0 Å². The lowest BCUT2D eigenvalue weighted by Crippen LogP contribution is -2.37. The van der Waals surface area contributed by atoms with Gasteiger partial charge in [-0.1, -0.05) is 0 Å². The van der Waals surface area contributed by atoms with Crippen molar-refractivity contribution in [3.8, 4) is 0 Å². The fraction of sp³-hybridized carbons (Fsp3) is 0.800. The monoisotopic (exact) mass is 232 g/mol. The van der Waals surface area contributed by atoms with Crippen LogP contribution in [0.15, 0.2) is 0 Å². The highest BCUT2D eigenvalue weighted by atomic mass is 16.6. The van der Waals surface area contributed by atoms with Crippen molar-refractivity contribution in [2.45, 2.75) is 32.8 Å². The molecule has 0 aliphatic carbocycles. The van der Waals surface area contributed by atoms with Crippen molar-refractivity contribution in [2.24, 2.45) is 0 Å². The molecule has 0 aliphatic heterocycles. The highest BCUT2D eigenvalue weighted by Crippen LogP contribution is 2.05. The van der Waals surface area contributed by atoms with Gasteiger partial charge >= 0.3 is 6.09 Å². The second-order valence-electron chi connectivity index (χ2n) is 4.25. The van der Waals surface area contributed by atoms with Crippen molar-refractivity contribution in [3.05, 3.63) is 0 Å². The summed E-state index contributed by atoms with van der Waals surface area (Å²) in [6.07, 6.45) is -0.434. The molecule has 0 heterocycles. The Balaban J connectivity index is 3.52. The topological polar surface area (TPSA) is 87.7 Å². The van der Waals surface area contributed by atoms with Gasteiger partial charge in [0.1, 0.15) is 5.60 Å². The van der Waals surface area contributed by atoms with Gasteiger partial charge in [-0.3, -0.25) is 4.79 Å². The van der Waals surface area contributed by atoms with Crippen LogP contribution < -0.4 is 10.6 Å². The molecule has 94 valence electrons. The summed E-state index contributed by atoms with van der Waals surface area (Å²) in [7, 11) is 0. The van der Waals surface area contributed by atoms with E-state index < -0.39 is 11.7 Å². The summed E-state index contributed by atoms with van der Waals surface area (Å²) in [5, 5.41) is 13.5. The first-order valence-corrected chi connectivity index (χ1v) is 5.19. The molecular formula is C10H20N2O4. The Morgan fingerprint density at radius 2 is 1.75 bits per heavy atom. The zero-order chi connectivity index (χ0) is 12.6. The summed E-state index contributed by atoms with van der Waals surface area (Å²) in [6.45, 7) is 5.76. The predicted octanol–water partition coefficient (Wildman–Crippen LogP) is 0.00970. The normalized spacial score (nSPS) is 10.8. The molecule has 0 saturated heterocycles. The Morgan fingerprint density at radius 3 is 2.25 bits per heavy atom. The number of ether oxygens (including phenoxy) is 1. The van der Waals surface area contributed by atoms with Crippen molar-refractivity contribution in [1.82, 2.24) is 10.6 Å². The minimum atomic E-state index is -0.524. The summed E-state index contributed by atoms with van der Waals surface area (Å²) >= 11 is 0. The third kappa shape index (κ3) is 9.26. The number of alkyl carbamates (subject to hydrolysis) is 1. The second-order valence-corrected chi connectivity index (χ2v) is 4.25. The molecular weight excluding hydrogens is 212 g/mol. The molecule has 2 amide bonds. The van der Waals surface area contributed by atoms with Crippen LogP contribution in [0.5, 0.6) is 0 Å². The lowest BCUT2D eigenvalue weighted by atomic mass is 10.2. The number of rotatable bonds is 5. The molecule has 0 spiro atoms. The first kappa shape index (κ1) is 14.7. The van der Waals surface area contributed by atoms with Crippen LogP contribution in [0.4, 0.5) is 4.79 Å². The summed E-state index contributed by atoms with van der Waals surface area (Å²) in [4.78, 5) is 22.0.